The predicted octanol–water partition coefficient (Wildman–Crippen LogP) is 1.86. The zero-order valence-corrected chi connectivity index (χ0v) is 17.1. The van der Waals surface area contributed by atoms with Gasteiger partial charge < -0.3 is 15.8 Å². The van der Waals surface area contributed by atoms with Gasteiger partial charge in [-0.2, -0.15) is 5.10 Å². The maximum Gasteiger partial charge on any atom is 0.346 e. The molecule has 0 bridgehead atoms. The first-order chi connectivity index (χ1) is 15.1. The number of amides is 1. The molecule has 9 nitrogen and oxygen atoms in total. The molecule has 4 heterocycles. The third kappa shape index (κ3) is 4.78. The van der Waals surface area contributed by atoms with E-state index in [1.54, 1.807) is 12.3 Å². The Morgan fingerprint density at radius 1 is 1.35 bits per heavy atom. The number of aromatic nitrogens is 4. The highest BCUT2D eigenvalue weighted by Crippen LogP contribution is 2.27. The van der Waals surface area contributed by atoms with Crippen LogP contribution in [0.1, 0.15) is 15.3 Å². The van der Waals surface area contributed by atoms with E-state index in [1.165, 1.54) is 26.9 Å². The average Bonchev–Trinajstić information content (AvgIpc) is 3.37. The van der Waals surface area contributed by atoms with Crippen LogP contribution in [-0.4, -0.2) is 38.4 Å². The molecule has 0 radical (unpaired) electrons. The lowest BCUT2D eigenvalue weighted by Crippen LogP contribution is -2.26. The Morgan fingerprint density at radius 3 is 3.03 bits per heavy atom. The molecule has 1 aliphatic heterocycles. The third-order valence-corrected chi connectivity index (χ3v) is 5.54. The van der Waals surface area contributed by atoms with E-state index in [9.17, 15) is 14.0 Å². The van der Waals surface area contributed by atoms with Crippen LogP contribution in [0, 0.1) is 0 Å². The van der Waals surface area contributed by atoms with Crippen molar-refractivity contribution in [2.24, 2.45) is 5.73 Å². The molecule has 31 heavy (non-hydrogen) atoms. The van der Waals surface area contributed by atoms with Crippen LogP contribution in [0.2, 0.25) is 0 Å². The molecule has 0 aromatic carbocycles. The number of nitrogens with zero attached hydrogens (tertiary/aromatic N) is 4. The van der Waals surface area contributed by atoms with Crippen LogP contribution in [0.4, 0.5) is 10.1 Å². The Balaban J connectivity index is 1.43. The number of thiophene rings is 1. The van der Waals surface area contributed by atoms with E-state index in [1.807, 2.05) is 24.3 Å². The van der Waals surface area contributed by atoms with Crippen molar-refractivity contribution in [1.29, 1.82) is 0 Å². The molecule has 3 aromatic heterocycles. The lowest BCUT2D eigenvalue weighted by Gasteiger charge is -2.16. The summed E-state index contributed by atoms with van der Waals surface area (Å²) < 4.78 is 20.6. The van der Waals surface area contributed by atoms with E-state index in [-0.39, 0.29) is 31.3 Å². The van der Waals surface area contributed by atoms with E-state index in [4.69, 9.17) is 10.5 Å². The SMILES string of the molecule is NC/C(=C\F)Cn1ncn(Cc2ccc(/C=C/c3cnc4c(c3)NC(=O)CO4)s2)c1=O. The molecule has 0 spiro atoms. The van der Waals surface area contributed by atoms with E-state index < -0.39 is 0 Å². The zero-order valence-electron chi connectivity index (χ0n) is 16.3. The highest BCUT2D eigenvalue weighted by atomic mass is 32.1. The van der Waals surface area contributed by atoms with Crippen LogP contribution in [-0.2, 0) is 17.9 Å². The molecule has 3 N–H and O–H groups in total. The van der Waals surface area contributed by atoms with Crippen LogP contribution in [0.3, 0.4) is 0 Å². The number of rotatable bonds is 7. The molecular weight excluding hydrogens is 423 g/mol. The molecular formula is C20H19FN6O3S. The third-order valence-electron chi connectivity index (χ3n) is 4.50. The van der Waals surface area contributed by atoms with Gasteiger partial charge >= 0.3 is 5.69 Å². The van der Waals surface area contributed by atoms with Gasteiger partial charge in [-0.05, 0) is 35.4 Å². The summed E-state index contributed by atoms with van der Waals surface area (Å²) in [7, 11) is 0. The monoisotopic (exact) mass is 442 g/mol. The number of ether oxygens (including phenoxy) is 1. The summed E-state index contributed by atoms with van der Waals surface area (Å²) in [6, 6.07) is 5.67. The fourth-order valence-corrected chi connectivity index (χ4v) is 3.84. The minimum atomic E-state index is -0.331. The fourth-order valence-electron chi connectivity index (χ4n) is 2.92. The Morgan fingerprint density at radius 2 is 2.23 bits per heavy atom. The highest BCUT2D eigenvalue weighted by Gasteiger charge is 2.16. The highest BCUT2D eigenvalue weighted by molar-refractivity contribution is 7.12. The van der Waals surface area contributed by atoms with Gasteiger partial charge in [-0.3, -0.25) is 9.36 Å². The molecule has 1 amide bonds. The summed E-state index contributed by atoms with van der Waals surface area (Å²) in [5.74, 6) is 0.193. The van der Waals surface area contributed by atoms with Crippen molar-refractivity contribution in [2.45, 2.75) is 13.1 Å². The number of hydrogen-bond acceptors (Lipinski definition) is 7. The van der Waals surface area contributed by atoms with Gasteiger partial charge in [-0.25, -0.2) is 18.9 Å². The molecule has 0 saturated carbocycles. The number of carbonyl (C=O) groups excluding carboxylic acids is 1. The number of anilines is 1. The van der Waals surface area contributed by atoms with Gasteiger partial charge in [0.15, 0.2) is 6.61 Å². The van der Waals surface area contributed by atoms with E-state index in [2.05, 4.69) is 15.4 Å². The summed E-state index contributed by atoms with van der Waals surface area (Å²) >= 11 is 1.53. The van der Waals surface area contributed by atoms with Gasteiger partial charge in [0.2, 0.25) is 5.88 Å². The van der Waals surface area contributed by atoms with Crippen molar-refractivity contribution in [2.75, 3.05) is 18.5 Å². The second-order valence-corrected chi connectivity index (χ2v) is 7.97. The molecule has 0 fully saturated rings. The number of fused-ring (bicyclic) bond motifs is 1. The quantitative estimate of drug-likeness (QED) is 0.577. The Labute approximate surface area is 180 Å². The van der Waals surface area contributed by atoms with Crippen molar-refractivity contribution >= 4 is 35.1 Å². The largest absolute Gasteiger partial charge is 0.466 e. The molecule has 1 aliphatic rings. The van der Waals surface area contributed by atoms with E-state index in [0.29, 0.717) is 30.0 Å². The van der Waals surface area contributed by atoms with Gasteiger partial charge in [-0.15, -0.1) is 11.3 Å². The second kappa shape index (κ2) is 9.06. The maximum atomic E-state index is 12.7. The van der Waals surface area contributed by atoms with Crippen LogP contribution < -0.4 is 21.5 Å². The topological polar surface area (TPSA) is 117 Å². The van der Waals surface area contributed by atoms with Crippen molar-refractivity contribution in [3.63, 3.8) is 0 Å². The van der Waals surface area contributed by atoms with Crippen LogP contribution in [0.25, 0.3) is 12.2 Å². The molecule has 0 atom stereocenters. The summed E-state index contributed by atoms with van der Waals surface area (Å²) in [6.07, 6.45) is 7.30. The molecule has 0 saturated heterocycles. The van der Waals surface area contributed by atoms with Gasteiger partial charge in [0, 0.05) is 22.5 Å². The summed E-state index contributed by atoms with van der Waals surface area (Å²) in [6.45, 7) is 0.376. The Hall–Kier alpha value is -3.57. The molecule has 4 rings (SSSR count). The van der Waals surface area contributed by atoms with Crippen molar-refractivity contribution in [3.8, 4) is 5.88 Å². The van der Waals surface area contributed by atoms with Gasteiger partial charge in [0.05, 0.1) is 19.4 Å². The molecule has 0 aliphatic carbocycles. The first-order valence-corrected chi connectivity index (χ1v) is 10.2. The minimum Gasteiger partial charge on any atom is -0.466 e. The maximum absolute atomic E-state index is 12.7. The van der Waals surface area contributed by atoms with Gasteiger partial charge in [0.1, 0.15) is 12.0 Å². The number of pyridine rings is 1. The average molecular weight is 442 g/mol. The van der Waals surface area contributed by atoms with Crippen molar-refractivity contribution < 1.29 is 13.9 Å². The Kier molecular flexibility index (Phi) is 6.05. The Bertz CT molecular complexity index is 1230. The summed E-state index contributed by atoms with van der Waals surface area (Å²) in [5, 5.41) is 6.75. The fraction of sp³-hybridized carbons (Fsp3) is 0.200. The number of carbonyl (C=O) groups is 1. The van der Waals surface area contributed by atoms with E-state index >= 15 is 0 Å². The second-order valence-electron chi connectivity index (χ2n) is 6.77. The zero-order chi connectivity index (χ0) is 21.8. The van der Waals surface area contributed by atoms with E-state index in [0.717, 1.165) is 15.3 Å². The van der Waals surface area contributed by atoms with Crippen LogP contribution in [0.5, 0.6) is 5.88 Å². The van der Waals surface area contributed by atoms with Gasteiger partial charge in [-0.1, -0.05) is 6.08 Å². The summed E-state index contributed by atoms with van der Waals surface area (Å²) in [4.78, 5) is 30.0. The van der Waals surface area contributed by atoms with Crippen LogP contribution in [0.15, 0.2) is 47.4 Å². The molecule has 11 heteroatoms. The van der Waals surface area contributed by atoms with Crippen LogP contribution >= 0.6 is 11.3 Å². The minimum absolute atomic E-state index is 0.0234. The summed E-state index contributed by atoms with van der Waals surface area (Å²) in [5.41, 5.74) is 6.75. The van der Waals surface area contributed by atoms with Crippen molar-refractivity contribution in [1.82, 2.24) is 19.3 Å². The first kappa shape index (κ1) is 20.7. The number of halogens is 1. The normalized spacial score (nSPS) is 13.9. The smallest absolute Gasteiger partial charge is 0.346 e. The lowest BCUT2D eigenvalue weighted by molar-refractivity contribution is -0.118. The standard InChI is InChI=1S/C20H19FN6O3S/c21-6-14(7-22)9-27-20(29)26(12-24-27)10-16-4-3-15(31-16)2-1-13-5-17-19(23-8-13)30-11-18(28)25-17/h1-6,8,12H,7,9-11,22H2,(H,25,28)/b2-1+,14-6+. The number of nitrogens with two attached hydrogens (primary N) is 1. The number of nitrogens with one attached hydrogen (secondary N) is 1. The first-order valence-electron chi connectivity index (χ1n) is 9.35. The lowest BCUT2D eigenvalue weighted by atomic mass is 10.2. The molecule has 3 aromatic rings. The molecule has 160 valence electrons. The number of hydrogen-bond donors (Lipinski definition) is 2. The molecule has 0 unspecified atom stereocenters. The van der Waals surface area contributed by atoms with Crippen molar-refractivity contribution in [3.05, 3.63) is 68.4 Å². The predicted molar refractivity (Wildman–Crippen MR) is 115 cm³/mol. The van der Waals surface area contributed by atoms with Gasteiger partial charge in [0.25, 0.3) is 5.91 Å².